The van der Waals surface area contributed by atoms with Gasteiger partial charge in [-0.05, 0) is 39.7 Å². The molecule has 0 bridgehead atoms. The molecule has 1 heterocycles. The third kappa shape index (κ3) is 4.25. The van der Waals surface area contributed by atoms with Crippen molar-refractivity contribution in [3.05, 3.63) is 0 Å². The van der Waals surface area contributed by atoms with Crippen molar-refractivity contribution in [1.29, 1.82) is 0 Å². The molecular formula is C14H28N2O2. The van der Waals surface area contributed by atoms with E-state index in [1.54, 1.807) is 19.0 Å². The summed E-state index contributed by atoms with van der Waals surface area (Å²) in [5.74, 6) is 0.160. The lowest BCUT2D eigenvalue weighted by molar-refractivity contribution is -0.135. The summed E-state index contributed by atoms with van der Waals surface area (Å²) in [5, 5.41) is 9.62. The second kappa shape index (κ2) is 7.10. The molecule has 1 aliphatic heterocycles. The second-order valence-electron chi connectivity index (χ2n) is 5.73. The van der Waals surface area contributed by atoms with Gasteiger partial charge in [0.2, 0.25) is 5.91 Å². The molecule has 18 heavy (non-hydrogen) atoms. The monoisotopic (exact) mass is 256 g/mol. The van der Waals surface area contributed by atoms with E-state index in [1.807, 2.05) is 13.8 Å². The fourth-order valence-electron chi connectivity index (χ4n) is 2.87. The molecule has 0 aromatic heterocycles. The van der Waals surface area contributed by atoms with Crippen LogP contribution >= 0.6 is 0 Å². The lowest BCUT2D eigenvalue weighted by atomic mass is 10.0. The van der Waals surface area contributed by atoms with Crippen LogP contribution in [-0.2, 0) is 4.79 Å². The number of nitrogens with zero attached hydrogens (tertiary/aromatic N) is 2. The first-order valence-corrected chi connectivity index (χ1v) is 7.08. The van der Waals surface area contributed by atoms with Crippen molar-refractivity contribution < 1.29 is 9.90 Å². The minimum absolute atomic E-state index is 0.0816. The number of carbonyl (C=O) groups is 1. The fourth-order valence-corrected chi connectivity index (χ4v) is 2.87. The lowest BCUT2D eigenvalue weighted by Gasteiger charge is -2.36. The molecule has 0 saturated carbocycles. The number of likely N-dealkylation sites (N-methyl/N-ethyl adjacent to an activating group) is 1. The summed E-state index contributed by atoms with van der Waals surface area (Å²) >= 11 is 0. The van der Waals surface area contributed by atoms with Crippen LogP contribution in [0.4, 0.5) is 0 Å². The average molecular weight is 256 g/mol. The van der Waals surface area contributed by atoms with Crippen molar-refractivity contribution in [2.45, 2.75) is 64.1 Å². The van der Waals surface area contributed by atoms with Crippen LogP contribution in [0.2, 0.25) is 0 Å². The molecule has 4 nitrogen and oxygen atoms in total. The van der Waals surface area contributed by atoms with Gasteiger partial charge in [0.25, 0.3) is 0 Å². The maximum atomic E-state index is 12.1. The van der Waals surface area contributed by atoms with Crippen molar-refractivity contribution in [2.24, 2.45) is 0 Å². The maximum absolute atomic E-state index is 12.1. The molecule has 1 saturated heterocycles. The molecule has 0 aromatic carbocycles. The Morgan fingerprint density at radius 2 is 2.00 bits per heavy atom. The molecule has 0 aliphatic carbocycles. The van der Waals surface area contributed by atoms with Crippen LogP contribution in [0, 0.1) is 0 Å². The first-order chi connectivity index (χ1) is 8.43. The highest BCUT2D eigenvalue weighted by atomic mass is 16.3. The quantitative estimate of drug-likeness (QED) is 0.828. The van der Waals surface area contributed by atoms with E-state index >= 15 is 0 Å². The van der Waals surface area contributed by atoms with Crippen molar-refractivity contribution in [2.75, 3.05) is 20.6 Å². The van der Waals surface area contributed by atoms with Crippen LogP contribution in [0.3, 0.4) is 0 Å². The minimum atomic E-state index is -0.294. The summed E-state index contributed by atoms with van der Waals surface area (Å²) < 4.78 is 0. The Morgan fingerprint density at radius 3 is 2.56 bits per heavy atom. The van der Waals surface area contributed by atoms with Crippen molar-refractivity contribution >= 4 is 5.91 Å². The molecular weight excluding hydrogens is 228 g/mol. The van der Waals surface area contributed by atoms with Gasteiger partial charge in [-0.15, -0.1) is 0 Å². The molecule has 1 fully saturated rings. The zero-order chi connectivity index (χ0) is 13.7. The van der Waals surface area contributed by atoms with Crippen LogP contribution in [0.15, 0.2) is 0 Å². The van der Waals surface area contributed by atoms with Gasteiger partial charge in [-0.3, -0.25) is 9.69 Å². The largest absolute Gasteiger partial charge is 0.393 e. The zero-order valence-corrected chi connectivity index (χ0v) is 12.2. The first-order valence-electron chi connectivity index (χ1n) is 7.08. The second-order valence-corrected chi connectivity index (χ2v) is 5.73. The van der Waals surface area contributed by atoms with Gasteiger partial charge in [0, 0.05) is 20.1 Å². The van der Waals surface area contributed by atoms with Crippen molar-refractivity contribution in [1.82, 2.24) is 9.80 Å². The van der Waals surface area contributed by atoms with E-state index in [4.69, 9.17) is 0 Å². The first kappa shape index (κ1) is 15.4. The third-order valence-corrected chi connectivity index (χ3v) is 3.83. The number of hydrogen-bond acceptors (Lipinski definition) is 3. The van der Waals surface area contributed by atoms with Crippen molar-refractivity contribution in [3.63, 3.8) is 0 Å². The van der Waals surface area contributed by atoms with Gasteiger partial charge in [-0.25, -0.2) is 0 Å². The highest BCUT2D eigenvalue weighted by Crippen LogP contribution is 2.23. The average Bonchev–Trinajstić information content (AvgIpc) is 2.51. The number of carbonyl (C=O) groups excluding carboxylic acids is 1. The highest BCUT2D eigenvalue weighted by molar-refractivity contribution is 5.81. The van der Waals surface area contributed by atoms with E-state index in [1.165, 1.54) is 12.8 Å². The fraction of sp³-hybridized carbons (Fsp3) is 0.929. The van der Waals surface area contributed by atoms with E-state index in [0.717, 1.165) is 25.8 Å². The van der Waals surface area contributed by atoms with E-state index < -0.39 is 0 Å². The Hall–Kier alpha value is -0.610. The summed E-state index contributed by atoms with van der Waals surface area (Å²) in [7, 11) is 3.61. The predicted octanol–water partition coefficient (Wildman–Crippen LogP) is 1.48. The molecule has 4 heteroatoms. The van der Waals surface area contributed by atoms with Gasteiger partial charge in [-0.2, -0.15) is 0 Å². The number of aliphatic hydroxyl groups is 1. The third-order valence-electron chi connectivity index (χ3n) is 3.83. The molecule has 0 radical (unpaired) electrons. The van der Waals surface area contributed by atoms with Crippen LogP contribution in [-0.4, -0.2) is 59.6 Å². The normalized spacial score (nSPS) is 25.3. The van der Waals surface area contributed by atoms with Crippen LogP contribution in [0.1, 0.15) is 46.0 Å². The molecule has 0 spiro atoms. The minimum Gasteiger partial charge on any atom is -0.393 e. The summed E-state index contributed by atoms with van der Waals surface area (Å²) in [5.41, 5.74) is 0. The van der Waals surface area contributed by atoms with E-state index in [2.05, 4.69) is 4.90 Å². The Balaban J connectivity index is 2.74. The molecule has 1 aliphatic rings. The van der Waals surface area contributed by atoms with Gasteiger partial charge in [0.1, 0.15) is 0 Å². The van der Waals surface area contributed by atoms with Crippen molar-refractivity contribution in [3.8, 4) is 0 Å². The summed E-state index contributed by atoms with van der Waals surface area (Å²) in [4.78, 5) is 16.1. The standard InChI is InChI=1S/C14H28N2O2/c1-11(17)10-13-8-6-5-7-9-16(13)12(2)14(18)15(3)4/h11-13,17H,5-10H2,1-4H3. The number of likely N-dealkylation sites (tertiary alicyclic amines) is 1. The molecule has 1 amide bonds. The van der Waals surface area contributed by atoms with E-state index in [9.17, 15) is 9.90 Å². The SMILES string of the molecule is CC(O)CC1CCCCCN1C(C)C(=O)N(C)C. The number of rotatable bonds is 4. The molecule has 3 atom stereocenters. The molecule has 3 unspecified atom stereocenters. The number of aliphatic hydroxyl groups excluding tert-OH is 1. The lowest BCUT2D eigenvalue weighted by Crippen LogP contribution is -2.50. The molecule has 106 valence electrons. The molecule has 1 N–H and O–H groups in total. The van der Waals surface area contributed by atoms with Gasteiger partial charge >= 0.3 is 0 Å². The zero-order valence-electron chi connectivity index (χ0n) is 12.2. The smallest absolute Gasteiger partial charge is 0.239 e. The Morgan fingerprint density at radius 1 is 1.33 bits per heavy atom. The summed E-state index contributed by atoms with van der Waals surface area (Å²) in [6.45, 7) is 4.79. The van der Waals surface area contributed by atoms with Gasteiger partial charge in [0.05, 0.1) is 12.1 Å². The maximum Gasteiger partial charge on any atom is 0.239 e. The van der Waals surface area contributed by atoms with Crippen LogP contribution in [0.25, 0.3) is 0 Å². The Labute approximate surface area is 111 Å². The summed E-state index contributed by atoms with van der Waals surface area (Å²) in [6, 6.07) is 0.258. The Bertz CT molecular complexity index is 267. The van der Waals surface area contributed by atoms with Crippen LogP contribution < -0.4 is 0 Å². The highest BCUT2D eigenvalue weighted by Gasteiger charge is 2.30. The topological polar surface area (TPSA) is 43.8 Å². The van der Waals surface area contributed by atoms with E-state index in [0.29, 0.717) is 6.04 Å². The predicted molar refractivity (Wildman–Crippen MR) is 73.4 cm³/mol. The van der Waals surface area contributed by atoms with Gasteiger partial charge in [-0.1, -0.05) is 12.8 Å². The Kier molecular flexibility index (Phi) is 6.09. The van der Waals surface area contributed by atoms with Crippen LogP contribution in [0.5, 0.6) is 0 Å². The van der Waals surface area contributed by atoms with E-state index in [-0.39, 0.29) is 18.1 Å². The molecule has 0 aromatic rings. The van der Waals surface area contributed by atoms with Gasteiger partial charge in [0.15, 0.2) is 0 Å². The summed E-state index contributed by atoms with van der Waals surface area (Å²) in [6.07, 6.45) is 5.16. The number of amides is 1. The number of hydrogen-bond donors (Lipinski definition) is 1. The van der Waals surface area contributed by atoms with Gasteiger partial charge < -0.3 is 10.0 Å². The molecule has 1 rings (SSSR count).